The van der Waals surface area contributed by atoms with Crippen LogP contribution in [-0.2, 0) is 9.16 Å². The minimum absolute atomic E-state index is 0.149. The van der Waals surface area contributed by atoms with E-state index in [0.29, 0.717) is 6.61 Å². The molecule has 188 valence electrons. The highest BCUT2D eigenvalue weighted by Crippen LogP contribution is 2.42. The van der Waals surface area contributed by atoms with Crippen LogP contribution in [0.25, 0.3) is 10.9 Å². The van der Waals surface area contributed by atoms with Gasteiger partial charge >= 0.3 is 6.09 Å². The molecule has 0 aliphatic carbocycles. The molecule has 0 unspecified atom stereocenters. The largest absolute Gasteiger partial charge is 0.452 e. The average Bonchev–Trinajstić information content (AvgIpc) is 3.23. The topological polar surface area (TPSA) is 43.7 Å². The maximum absolute atomic E-state index is 12.6. The number of piperidine rings is 1. The van der Waals surface area contributed by atoms with Crippen LogP contribution in [-0.4, -0.2) is 44.1 Å². The highest BCUT2D eigenvalue weighted by atomic mass is 28.4. The molecule has 2 heterocycles. The van der Waals surface area contributed by atoms with Gasteiger partial charge in [-0.1, -0.05) is 75.7 Å². The highest BCUT2D eigenvalue weighted by Gasteiger charge is 2.39. The first-order valence-corrected chi connectivity index (χ1v) is 15.7. The standard InChI is InChI=1S/C29H40N2O3Si/c1-29(2,3)35(5,6)34-21-27(22-14-8-7-9-15-22)30-19-13-12-18-26(30)24-20-31(28(32)33-4)25-17-11-10-16-23(24)25/h7-11,14-17,20,26-27H,12-13,18-19,21H2,1-6H3/t26-,27-/m0/s1. The number of rotatable bonds is 6. The zero-order chi connectivity index (χ0) is 25.2. The van der Waals surface area contributed by atoms with Gasteiger partial charge in [-0.3, -0.25) is 9.47 Å². The first-order chi connectivity index (χ1) is 16.6. The van der Waals surface area contributed by atoms with Crippen molar-refractivity contribution < 1.29 is 14.0 Å². The monoisotopic (exact) mass is 492 g/mol. The lowest BCUT2D eigenvalue weighted by molar-refractivity contribution is 0.0594. The molecule has 1 aromatic heterocycles. The number of fused-ring (bicyclic) bond motifs is 1. The van der Waals surface area contributed by atoms with Gasteiger partial charge < -0.3 is 9.16 Å². The summed E-state index contributed by atoms with van der Waals surface area (Å²) in [5.74, 6) is 0. The van der Waals surface area contributed by atoms with Crippen LogP contribution in [0.3, 0.4) is 0 Å². The van der Waals surface area contributed by atoms with Gasteiger partial charge in [-0.15, -0.1) is 0 Å². The molecule has 4 rings (SSSR count). The van der Waals surface area contributed by atoms with Crippen molar-refractivity contribution in [2.45, 2.75) is 70.2 Å². The summed E-state index contributed by atoms with van der Waals surface area (Å²) >= 11 is 0. The van der Waals surface area contributed by atoms with E-state index in [9.17, 15) is 4.79 Å². The molecular weight excluding hydrogens is 452 g/mol. The van der Waals surface area contributed by atoms with Crippen molar-refractivity contribution in [1.82, 2.24) is 9.47 Å². The number of likely N-dealkylation sites (tertiary alicyclic amines) is 1. The molecule has 0 spiro atoms. The van der Waals surface area contributed by atoms with E-state index in [0.717, 1.165) is 30.3 Å². The molecule has 0 saturated carbocycles. The van der Waals surface area contributed by atoms with Gasteiger partial charge in [0, 0.05) is 17.6 Å². The van der Waals surface area contributed by atoms with Crippen molar-refractivity contribution in [1.29, 1.82) is 0 Å². The molecule has 2 aromatic carbocycles. The number of hydrogen-bond acceptors (Lipinski definition) is 4. The van der Waals surface area contributed by atoms with Gasteiger partial charge in [0.2, 0.25) is 0 Å². The third-order valence-corrected chi connectivity index (χ3v) is 12.5. The predicted octanol–water partition coefficient (Wildman–Crippen LogP) is 7.55. The van der Waals surface area contributed by atoms with E-state index in [2.05, 4.69) is 81.2 Å². The van der Waals surface area contributed by atoms with Crippen molar-refractivity contribution in [3.63, 3.8) is 0 Å². The Labute approximate surface area is 211 Å². The first-order valence-electron chi connectivity index (χ1n) is 12.8. The maximum Gasteiger partial charge on any atom is 0.418 e. The lowest BCUT2D eigenvalue weighted by Crippen LogP contribution is -2.45. The van der Waals surface area contributed by atoms with Crippen LogP contribution in [0.15, 0.2) is 60.8 Å². The molecule has 1 aliphatic heterocycles. The van der Waals surface area contributed by atoms with Gasteiger partial charge in [0.05, 0.1) is 25.3 Å². The van der Waals surface area contributed by atoms with E-state index in [4.69, 9.17) is 9.16 Å². The number of hydrogen-bond donors (Lipinski definition) is 0. The average molecular weight is 493 g/mol. The summed E-state index contributed by atoms with van der Waals surface area (Å²) in [5.41, 5.74) is 3.38. The lowest BCUT2D eigenvalue weighted by Gasteiger charge is -2.44. The molecule has 0 amide bonds. The van der Waals surface area contributed by atoms with E-state index >= 15 is 0 Å². The Morgan fingerprint density at radius 3 is 2.43 bits per heavy atom. The molecule has 0 bridgehead atoms. The van der Waals surface area contributed by atoms with Gasteiger partial charge in [0.1, 0.15) is 0 Å². The Balaban J connectivity index is 1.75. The van der Waals surface area contributed by atoms with Crippen LogP contribution >= 0.6 is 0 Å². The molecule has 35 heavy (non-hydrogen) atoms. The minimum atomic E-state index is -1.92. The van der Waals surface area contributed by atoms with Gasteiger partial charge in [0.25, 0.3) is 0 Å². The SMILES string of the molecule is COC(=O)n1cc([C@@H]2CCCCN2[C@@H](CO[Si](C)(C)C(C)(C)C)c2ccccc2)c2ccccc21. The van der Waals surface area contributed by atoms with Gasteiger partial charge in [-0.25, -0.2) is 4.79 Å². The second kappa shape index (κ2) is 10.3. The fourth-order valence-corrected chi connectivity index (χ4v) is 5.95. The Hall–Kier alpha value is -2.41. The van der Waals surface area contributed by atoms with Crippen molar-refractivity contribution in [3.8, 4) is 0 Å². The van der Waals surface area contributed by atoms with Crippen molar-refractivity contribution in [2.24, 2.45) is 0 Å². The molecule has 2 atom stereocenters. The zero-order valence-corrected chi connectivity index (χ0v) is 23.1. The third kappa shape index (κ3) is 5.25. The summed E-state index contributed by atoms with van der Waals surface area (Å²) in [4.78, 5) is 15.2. The quantitative estimate of drug-likeness (QED) is 0.333. The number of nitrogens with zero attached hydrogens (tertiary/aromatic N) is 2. The smallest absolute Gasteiger partial charge is 0.418 e. The lowest BCUT2D eigenvalue weighted by atomic mass is 9.91. The molecule has 0 radical (unpaired) electrons. The highest BCUT2D eigenvalue weighted by molar-refractivity contribution is 6.74. The number of aromatic nitrogens is 1. The molecule has 6 heteroatoms. The number of methoxy groups -OCH3 is 1. The van der Waals surface area contributed by atoms with E-state index in [1.807, 2.05) is 18.3 Å². The number of carbonyl (C=O) groups excluding carboxylic acids is 1. The van der Waals surface area contributed by atoms with Crippen molar-refractivity contribution in [2.75, 3.05) is 20.3 Å². The van der Waals surface area contributed by atoms with Crippen molar-refractivity contribution >= 4 is 25.3 Å². The Kier molecular flexibility index (Phi) is 7.55. The molecular formula is C29H40N2O3Si. The summed E-state index contributed by atoms with van der Waals surface area (Å²) in [7, 11) is -0.479. The number of para-hydroxylation sites is 1. The molecule has 0 N–H and O–H groups in total. The molecule has 3 aromatic rings. The summed E-state index contributed by atoms with van der Waals surface area (Å²) in [6.07, 6.45) is 5.03. The summed E-state index contributed by atoms with van der Waals surface area (Å²) in [6, 6.07) is 19.3. The predicted molar refractivity (Wildman–Crippen MR) is 145 cm³/mol. The van der Waals surface area contributed by atoms with E-state index in [1.54, 1.807) is 4.57 Å². The Morgan fingerprint density at radius 1 is 1.06 bits per heavy atom. The molecule has 5 nitrogen and oxygen atoms in total. The molecule has 1 saturated heterocycles. The van der Waals surface area contributed by atoms with E-state index in [1.165, 1.54) is 24.7 Å². The summed E-state index contributed by atoms with van der Waals surface area (Å²) < 4.78 is 13.6. The fourth-order valence-electron chi connectivity index (χ4n) is 4.94. The second-order valence-corrected chi connectivity index (χ2v) is 16.0. The van der Waals surface area contributed by atoms with Crippen LogP contribution < -0.4 is 0 Å². The van der Waals surface area contributed by atoms with Gasteiger partial charge in [-0.2, -0.15) is 0 Å². The first kappa shape index (κ1) is 25.7. The summed E-state index contributed by atoms with van der Waals surface area (Å²) in [6.45, 7) is 13.2. The number of benzene rings is 2. The maximum atomic E-state index is 12.6. The van der Waals surface area contributed by atoms with Crippen LogP contribution in [0.4, 0.5) is 4.79 Å². The Morgan fingerprint density at radius 2 is 1.74 bits per heavy atom. The molecule has 1 fully saturated rings. The second-order valence-electron chi connectivity index (χ2n) is 11.2. The zero-order valence-electron chi connectivity index (χ0n) is 22.1. The molecule has 1 aliphatic rings. The Bertz CT molecular complexity index is 1150. The minimum Gasteiger partial charge on any atom is -0.452 e. The normalized spacial score (nSPS) is 18.5. The fraction of sp³-hybridized carbons (Fsp3) is 0.483. The van der Waals surface area contributed by atoms with Crippen LogP contribution in [0, 0.1) is 0 Å². The van der Waals surface area contributed by atoms with E-state index in [-0.39, 0.29) is 23.2 Å². The van der Waals surface area contributed by atoms with Crippen molar-refractivity contribution in [3.05, 3.63) is 71.9 Å². The van der Waals surface area contributed by atoms with Crippen LogP contribution in [0.1, 0.15) is 63.2 Å². The van der Waals surface area contributed by atoms with Gasteiger partial charge in [0.15, 0.2) is 8.32 Å². The van der Waals surface area contributed by atoms with Gasteiger partial charge in [-0.05, 0) is 54.7 Å². The third-order valence-electron chi connectivity index (χ3n) is 8.01. The number of ether oxygens (including phenoxy) is 1. The van der Waals surface area contributed by atoms with Crippen LogP contribution in [0.2, 0.25) is 18.1 Å². The van der Waals surface area contributed by atoms with Crippen LogP contribution in [0.5, 0.6) is 0 Å². The summed E-state index contributed by atoms with van der Waals surface area (Å²) in [5, 5.41) is 1.27. The van der Waals surface area contributed by atoms with E-state index < -0.39 is 8.32 Å². The number of carbonyl (C=O) groups is 1.